The van der Waals surface area contributed by atoms with Crippen LogP contribution < -0.4 is 9.62 Å². The number of nitrogens with one attached hydrogen (secondary N) is 1. The molecule has 1 fully saturated rings. The Bertz CT molecular complexity index is 828. The van der Waals surface area contributed by atoms with E-state index in [4.69, 9.17) is 0 Å². The third-order valence-corrected chi connectivity index (χ3v) is 5.60. The van der Waals surface area contributed by atoms with E-state index in [2.05, 4.69) is 19.6 Å². The van der Waals surface area contributed by atoms with E-state index >= 15 is 0 Å². The zero-order chi connectivity index (χ0) is 18.4. The van der Waals surface area contributed by atoms with E-state index in [1.54, 1.807) is 24.5 Å². The van der Waals surface area contributed by atoms with Gasteiger partial charge >= 0.3 is 0 Å². The van der Waals surface area contributed by atoms with Crippen LogP contribution in [0.4, 0.5) is 5.95 Å². The first-order chi connectivity index (χ1) is 12.5. The Morgan fingerprint density at radius 1 is 1.15 bits per heavy atom. The molecule has 1 aliphatic heterocycles. The van der Waals surface area contributed by atoms with Crippen LogP contribution >= 0.6 is 0 Å². The van der Waals surface area contributed by atoms with Gasteiger partial charge in [-0.1, -0.05) is 29.8 Å². The number of hydrogen-bond acceptors (Lipinski definition) is 5. The molecule has 0 bridgehead atoms. The summed E-state index contributed by atoms with van der Waals surface area (Å²) in [6.45, 7) is 4.15. The number of piperidine rings is 1. The third-order valence-electron chi connectivity index (χ3n) is 4.54. The van der Waals surface area contributed by atoms with Crippen molar-refractivity contribution in [3.05, 3.63) is 59.3 Å². The lowest BCUT2D eigenvalue weighted by molar-refractivity contribution is 0.399. The molecule has 1 N–H and O–H groups in total. The summed E-state index contributed by atoms with van der Waals surface area (Å²) < 4.78 is 27.0. The van der Waals surface area contributed by atoms with Gasteiger partial charge in [-0.15, -0.1) is 0 Å². The molecule has 6 nitrogen and oxygen atoms in total. The van der Waals surface area contributed by atoms with Crippen LogP contribution in [0.2, 0.25) is 0 Å². The fourth-order valence-electron chi connectivity index (χ4n) is 2.92. The molecule has 3 rings (SSSR count). The second-order valence-corrected chi connectivity index (χ2v) is 8.24. The van der Waals surface area contributed by atoms with Gasteiger partial charge < -0.3 is 4.90 Å². The van der Waals surface area contributed by atoms with Gasteiger partial charge in [-0.2, -0.15) is 0 Å². The van der Waals surface area contributed by atoms with Gasteiger partial charge in [0.1, 0.15) is 0 Å². The van der Waals surface area contributed by atoms with E-state index in [9.17, 15) is 8.42 Å². The molecule has 138 valence electrons. The smallest absolute Gasteiger partial charge is 0.233 e. The number of benzene rings is 1. The lowest BCUT2D eigenvalue weighted by atomic mass is 9.97. The molecule has 1 aromatic heterocycles. The summed E-state index contributed by atoms with van der Waals surface area (Å²) in [5.74, 6) is 1.07. The molecule has 1 aromatic carbocycles. The molecule has 0 atom stereocenters. The standard InChI is InChI=1S/C19H24N4O2S/c1-16-3-5-17(6-4-16)9-14-26(24,25)22-15-18-7-12-23(13-8-18)19-20-10-2-11-21-19/h2-6,9-11,14,18,22H,7-8,12-13,15H2,1H3. The Morgan fingerprint density at radius 3 is 2.46 bits per heavy atom. The molecule has 1 saturated heterocycles. The SMILES string of the molecule is Cc1ccc(C=CS(=O)(=O)NCC2CCN(c3ncccn3)CC2)cc1. The van der Waals surface area contributed by atoms with Gasteiger partial charge in [0.25, 0.3) is 0 Å². The number of rotatable bonds is 6. The lowest BCUT2D eigenvalue weighted by Crippen LogP contribution is -2.39. The largest absolute Gasteiger partial charge is 0.341 e. The second kappa shape index (κ2) is 8.42. The summed E-state index contributed by atoms with van der Waals surface area (Å²) in [6, 6.07) is 9.54. The van der Waals surface area contributed by atoms with Crippen molar-refractivity contribution in [2.75, 3.05) is 24.5 Å². The number of aromatic nitrogens is 2. The summed E-state index contributed by atoms with van der Waals surface area (Å²) in [5.41, 5.74) is 2.02. The van der Waals surface area contributed by atoms with E-state index in [1.165, 1.54) is 5.41 Å². The van der Waals surface area contributed by atoms with Crippen LogP contribution in [0.25, 0.3) is 6.08 Å². The van der Waals surface area contributed by atoms with Gasteiger partial charge in [-0.05, 0) is 43.4 Å². The van der Waals surface area contributed by atoms with Gasteiger partial charge in [-0.3, -0.25) is 0 Å². The molecule has 1 aliphatic rings. The summed E-state index contributed by atoms with van der Waals surface area (Å²) in [4.78, 5) is 10.7. The van der Waals surface area contributed by atoms with Gasteiger partial charge in [-0.25, -0.2) is 23.1 Å². The van der Waals surface area contributed by atoms with Crippen LogP contribution in [0, 0.1) is 12.8 Å². The maximum Gasteiger partial charge on any atom is 0.233 e. The van der Waals surface area contributed by atoms with E-state index in [1.807, 2.05) is 31.2 Å². The maximum atomic E-state index is 12.2. The minimum absolute atomic E-state index is 0.331. The number of aryl methyl sites for hydroxylation is 1. The van der Waals surface area contributed by atoms with E-state index in [0.29, 0.717) is 12.5 Å². The van der Waals surface area contributed by atoms with Crippen LogP contribution in [-0.4, -0.2) is 38.0 Å². The highest BCUT2D eigenvalue weighted by Gasteiger charge is 2.21. The van der Waals surface area contributed by atoms with Crippen molar-refractivity contribution in [1.82, 2.24) is 14.7 Å². The van der Waals surface area contributed by atoms with Crippen LogP contribution in [0.15, 0.2) is 48.1 Å². The van der Waals surface area contributed by atoms with Gasteiger partial charge in [0.05, 0.1) is 0 Å². The summed E-state index contributed by atoms with van der Waals surface area (Å²) in [7, 11) is -3.42. The van der Waals surface area contributed by atoms with Crippen molar-refractivity contribution in [3.8, 4) is 0 Å². The zero-order valence-corrected chi connectivity index (χ0v) is 15.7. The Hall–Kier alpha value is -2.25. The van der Waals surface area contributed by atoms with E-state index in [0.717, 1.165) is 43.0 Å². The average molecular weight is 372 g/mol. The first-order valence-corrected chi connectivity index (χ1v) is 10.3. The van der Waals surface area contributed by atoms with E-state index in [-0.39, 0.29) is 0 Å². The molecule has 0 unspecified atom stereocenters. The molecule has 26 heavy (non-hydrogen) atoms. The van der Waals surface area contributed by atoms with Crippen molar-refractivity contribution < 1.29 is 8.42 Å². The maximum absolute atomic E-state index is 12.2. The molecule has 0 saturated carbocycles. The highest BCUT2D eigenvalue weighted by Crippen LogP contribution is 2.19. The van der Waals surface area contributed by atoms with Gasteiger partial charge in [0.15, 0.2) is 0 Å². The fourth-order valence-corrected chi connectivity index (χ4v) is 3.82. The highest BCUT2D eigenvalue weighted by atomic mass is 32.2. The fraction of sp³-hybridized carbons (Fsp3) is 0.368. The van der Waals surface area contributed by atoms with Crippen molar-refractivity contribution >= 4 is 22.0 Å². The molecule has 0 spiro atoms. The predicted octanol–water partition coefficient (Wildman–Crippen LogP) is 2.59. The predicted molar refractivity (Wildman–Crippen MR) is 104 cm³/mol. The second-order valence-electron chi connectivity index (χ2n) is 6.59. The lowest BCUT2D eigenvalue weighted by Gasteiger charge is -2.31. The molecule has 0 aliphatic carbocycles. The van der Waals surface area contributed by atoms with Crippen LogP contribution in [-0.2, 0) is 10.0 Å². The molecule has 0 amide bonds. The monoisotopic (exact) mass is 372 g/mol. The van der Waals surface area contributed by atoms with Crippen molar-refractivity contribution in [2.45, 2.75) is 19.8 Å². The van der Waals surface area contributed by atoms with Gasteiger partial charge in [0, 0.05) is 37.4 Å². The van der Waals surface area contributed by atoms with Gasteiger partial charge in [0.2, 0.25) is 16.0 Å². The van der Waals surface area contributed by atoms with Crippen LogP contribution in [0.3, 0.4) is 0 Å². The quantitative estimate of drug-likeness (QED) is 0.844. The highest BCUT2D eigenvalue weighted by molar-refractivity contribution is 7.92. The normalized spacial score (nSPS) is 16.3. The average Bonchev–Trinajstić information content (AvgIpc) is 2.67. The molecule has 0 radical (unpaired) electrons. The first kappa shape index (κ1) is 18.5. The molecule has 7 heteroatoms. The molecule has 2 heterocycles. The Morgan fingerprint density at radius 2 is 1.81 bits per heavy atom. The zero-order valence-electron chi connectivity index (χ0n) is 14.9. The van der Waals surface area contributed by atoms with Crippen LogP contribution in [0.5, 0.6) is 0 Å². The third kappa shape index (κ3) is 5.37. The molecular formula is C19H24N4O2S. The van der Waals surface area contributed by atoms with E-state index < -0.39 is 10.0 Å². The van der Waals surface area contributed by atoms with Crippen molar-refractivity contribution in [1.29, 1.82) is 0 Å². The number of anilines is 1. The Kier molecular flexibility index (Phi) is 6.00. The van der Waals surface area contributed by atoms with Crippen molar-refractivity contribution in [2.24, 2.45) is 5.92 Å². The minimum Gasteiger partial charge on any atom is -0.341 e. The summed E-state index contributed by atoms with van der Waals surface area (Å²) in [6.07, 6.45) is 6.94. The van der Waals surface area contributed by atoms with Crippen molar-refractivity contribution in [3.63, 3.8) is 0 Å². The Labute approximate surface area is 155 Å². The first-order valence-electron chi connectivity index (χ1n) is 8.78. The number of nitrogens with zero attached hydrogens (tertiary/aromatic N) is 3. The van der Waals surface area contributed by atoms with Crippen LogP contribution in [0.1, 0.15) is 24.0 Å². The number of sulfonamides is 1. The number of hydrogen-bond donors (Lipinski definition) is 1. The Balaban J connectivity index is 1.47. The summed E-state index contributed by atoms with van der Waals surface area (Å²) in [5, 5.41) is 1.24. The molecular weight excluding hydrogens is 348 g/mol. The minimum atomic E-state index is -3.42. The summed E-state index contributed by atoms with van der Waals surface area (Å²) >= 11 is 0. The molecule has 2 aromatic rings. The topological polar surface area (TPSA) is 75.2 Å².